The number of aliphatic hydroxyl groups excluding tert-OH is 4. The molecule has 1 saturated heterocycles. The predicted octanol–water partition coefficient (Wildman–Crippen LogP) is -4.25. The number of carboxylic acid groups (broad SMARTS) is 1. The maximum absolute atomic E-state index is 11.6. The third-order valence-electron chi connectivity index (χ3n) is 3.44. The molecule has 1 aliphatic rings. The number of methoxy groups -OCH3 is 1. The number of hydrogen-bond acceptors (Lipinski definition) is 9. The molecule has 0 bridgehead atoms. The number of aliphatic hydroxyl groups is 5. The van der Waals surface area contributed by atoms with E-state index < -0.39 is 61.1 Å². The third-order valence-corrected chi connectivity index (χ3v) is 3.44. The van der Waals surface area contributed by atoms with Crippen molar-refractivity contribution in [3.63, 3.8) is 0 Å². The van der Waals surface area contributed by atoms with Gasteiger partial charge >= 0.3 is 5.97 Å². The van der Waals surface area contributed by atoms with Crippen LogP contribution in [-0.4, -0.2) is 99.1 Å². The summed E-state index contributed by atoms with van der Waals surface area (Å²) in [6.45, 7) is -1.26. The van der Waals surface area contributed by atoms with Gasteiger partial charge in [-0.1, -0.05) is 0 Å². The molecule has 11 heteroatoms. The molecule has 134 valence electrons. The number of carbonyl (C=O) groups is 2. The first kappa shape index (κ1) is 19.7. The molecule has 0 aromatic rings. The number of carbonyl (C=O) groups excluding carboxylic acids is 1. The second-order valence-electron chi connectivity index (χ2n) is 5.21. The zero-order valence-corrected chi connectivity index (χ0v) is 12.3. The van der Waals surface area contributed by atoms with Gasteiger partial charge < -0.3 is 45.4 Å². The quantitative estimate of drug-likeness (QED) is 0.239. The number of ether oxygens (including phenoxy) is 2. The van der Waals surface area contributed by atoms with Crippen LogP contribution in [0.25, 0.3) is 0 Å². The molecule has 0 spiro atoms. The highest BCUT2D eigenvalue weighted by molar-refractivity contribution is 5.78. The van der Waals surface area contributed by atoms with Gasteiger partial charge in [-0.25, -0.2) is 4.79 Å². The van der Waals surface area contributed by atoms with E-state index in [4.69, 9.17) is 14.9 Å². The number of nitrogens with one attached hydrogen (secondary N) is 1. The lowest BCUT2D eigenvalue weighted by molar-refractivity contribution is -0.295. The molecule has 23 heavy (non-hydrogen) atoms. The van der Waals surface area contributed by atoms with Gasteiger partial charge in [0, 0.05) is 13.5 Å². The van der Waals surface area contributed by atoms with E-state index in [9.17, 15) is 30.0 Å². The molecular weight excluding hydrogens is 318 g/mol. The Morgan fingerprint density at radius 2 is 2.04 bits per heavy atom. The summed E-state index contributed by atoms with van der Waals surface area (Å²) in [6.07, 6.45) is -7.70. The van der Waals surface area contributed by atoms with Crippen LogP contribution < -0.4 is 5.32 Å². The van der Waals surface area contributed by atoms with Crippen LogP contribution in [0.1, 0.15) is 6.42 Å². The first-order chi connectivity index (χ1) is 10.7. The highest BCUT2D eigenvalue weighted by atomic mass is 16.7. The van der Waals surface area contributed by atoms with Gasteiger partial charge in [0.2, 0.25) is 5.91 Å². The number of hydrogen-bond donors (Lipinski definition) is 7. The summed E-state index contributed by atoms with van der Waals surface area (Å²) in [4.78, 5) is 22.7. The first-order valence-electron chi connectivity index (χ1n) is 6.73. The van der Waals surface area contributed by atoms with Gasteiger partial charge in [-0.3, -0.25) is 4.79 Å². The van der Waals surface area contributed by atoms with Crippen molar-refractivity contribution in [2.45, 2.75) is 42.7 Å². The minimum absolute atomic E-state index is 0.377. The summed E-state index contributed by atoms with van der Waals surface area (Å²) in [5.41, 5.74) is 0. The van der Waals surface area contributed by atoms with E-state index in [2.05, 4.69) is 10.1 Å². The van der Waals surface area contributed by atoms with E-state index in [1.165, 1.54) is 7.11 Å². The van der Waals surface area contributed by atoms with Crippen molar-refractivity contribution in [2.75, 3.05) is 20.3 Å². The van der Waals surface area contributed by atoms with E-state index in [-0.39, 0.29) is 6.61 Å². The van der Waals surface area contributed by atoms with Gasteiger partial charge in [-0.05, 0) is 0 Å². The van der Waals surface area contributed by atoms with Crippen molar-refractivity contribution in [3.05, 3.63) is 0 Å². The topological polar surface area (TPSA) is 186 Å². The fourth-order valence-corrected chi connectivity index (χ4v) is 2.26. The number of amides is 1. The number of rotatable bonds is 7. The lowest BCUT2D eigenvalue weighted by Gasteiger charge is -2.44. The van der Waals surface area contributed by atoms with Gasteiger partial charge in [0.25, 0.3) is 5.79 Å². The third kappa shape index (κ3) is 4.57. The fraction of sp³-hybridized carbons (Fsp3) is 0.833. The van der Waals surface area contributed by atoms with Gasteiger partial charge in [0.15, 0.2) is 0 Å². The van der Waals surface area contributed by atoms with Gasteiger partial charge in [0.1, 0.15) is 24.9 Å². The van der Waals surface area contributed by atoms with Crippen LogP contribution >= 0.6 is 0 Å². The Morgan fingerprint density at radius 3 is 2.52 bits per heavy atom. The molecule has 0 aromatic heterocycles. The molecule has 6 atom stereocenters. The van der Waals surface area contributed by atoms with Crippen LogP contribution in [0.2, 0.25) is 0 Å². The normalized spacial score (nSPS) is 33.7. The maximum Gasteiger partial charge on any atom is 0.364 e. The summed E-state index contributed by atoms with van der Waals surface area (Å²) in [5.74, 6) is -5.33. The Kier molecular flexibility index (Phi) is 6.83. The zero-order valence-electron chi connectivity index (χ0n) is 12.3. The molecule has 1 fully saturated rings. The van der Waals surface area contributed by atoms with Crippen molar-refractivity contribution in [3.8, 4) is 0 Å². The molecule has 0 aliphatic carbocycles. The average Bonchev–Trinajstić information content (AvgIpc) is 2.48. The molecule has 1 heterocycles. The molecule has 0 saturated carbocycles. The van der Waals surface area contributed by atoms with Crippen molar-refractivity contribution in [1.29, 1.82) is 0 Å². The Labute approximate surface area is 131 Å². The summed E-state index contributed by atoms with van der Waals surface area (Å²) < 4.78 is 9.50. The Morgan fingerprint density at radius 1 is 1.43 bits per heavy atom. The second kappa shape index (κ2) is 7.97. The van der Waals surface area contributed by atoms with Gasteiger partial charge in [-0.15, -0.1) is 0 Å². The van der Waals surface area contributed by atoms with E-state index >= 15 is 0 Å². The van der Waals surface area contributed by atoms with Gasteiger partial charge in [-0.2, -0.15) is 0 Å². The highest BCUT2D eigenvalue weighted by Gasteiger charge is 2.53. The van der Waals surface area contributed by atoms with Crippen LogP contribution in [0.3, 0.4) is 0 Å². The van der Waals surface area contributed by atoms with Crippen LogP contribution in [0.5, 0.6) is 0 Å². The molecule has 1 rings (SSSR count). The van der Waals surface area contributed by atoms with Crippen LogP contribution in [0.4, 0.5) is 0 Å². The van der Waals surface area contributed by atoms with E-state index in [0.717, 1.165) is 0 Å². The Balaban J connectivity index is 3.04. The summed E-state index contributed by atoms with van der Waals surface area (Å²) in [6, 6.07) is -1.34. The van der Waals surface area contributed by atoms with Crippen LogP contribution in [0, 0.1) is 0 Å². The summed E-state index contributed by atoms with van der Waals surface area (Å²) in [5, 5.41) is 59.5. The molecule has 1 aliphatic heterocycles. The summed E-state index contributed by atoms with van der Waals surface area (Å²) >= 11 is 0. The first-order valence-corrected chi connectivity index (χ1v) is 6.73. The highest BCUT2D eigenvalue weighted by Crippen LogP contribution is 2.30. The second-order valence-corrected chi connectivity index (χ2v) is 5.21. The van der Waals surface area contributed by atoms with Crippen molar-refractivity contribution < 1.29 is 49.7 Å². The predicted molar refractivity (Wildman–Crippen MR) is 71.0 cm³/mol. The lowest BCUT2D eigenvalue weighted by Crippen LogP contribution is -2.67. The minimum atomic E-state index is -2.82. The molecule has 0 radical (unpaired) electrons. The summed E-state index contributed by atoms with van der Waals surface area (Å²) in [7, 11) is 1.25. The molecule has 11 nitrogen and oxygen atoms in total. The molecule has 1 amide bonds. The maximum atomic E-state index is 11.6. The Bertz CT molecular complexity index is 432. The van der Waals surface area contributed by atoms with E-state index in [1.54, 1.807) is 0 Å². The number of aliphatic carboxylic acids is 1. The smallest absolute Gasteiger partial charge is 0.364 e. The van der Waals surface area contributed by atoms with Crippen LogP contribution in [-0.2, 0) is 19.1 Å². The number of carboxylic acids is 1. The molecular formula is C12H21NO10. The SMILES string of the molecule is COCC(=O)N[C@H]1C(C(O)C(O)CO)O[C@](O)(C(=O)O)C[C@H]1O. The lowest BCUT2D eigenvalue weighted by atomic mass is 9.88. The standard InChI is InChI=1S/C12H21NO10/c1-22-4-7(17)13-8-5(15)2-12(21,11(19)20)23-10(8)9(18)6(16)3-14/h5-6,8-10,14-16,18,21H,2-4H2,1H3,(H,13,17)(H,19,20)/t5-,6?,8-,9?,10?,12+/m1/s1. The largest absolute Gasteiger partial charge is 0.477 e. The Hall–Kier alpha value is -1.34. The van der Waals surface area contributed by atoms with E-state index in [0.29, 0.717) is 0 Å². The van der Waals surface area contributed by atoms with Crippen molar-refractivity contribution in [1.82, 2.24) is 5.32 Å². The molecule has 7 N–H and O–H groups in total. The average molecular weight is 339 g/mol. The zero-order chi connectivity index (χ0) is 17.8. The van der Waals surface area contributed by atoms with E-state index in [1.807, 2.05) is 0 Å². The monoisotopic (exact) mass is 339 g/mol. The van der Waals surface area contributed by atoms with Crippen LogP contribution in [0.15, 0.2) is 0 Å². The molecule has 0 aromatic carbocycles. The van der Waals surface area contributed by atoms with Crippen molar-refractivity contribution >= 4 is 11.9 Å². The molecule has 3 unspecified atom stereocenters. The van der Waals surface area contributed by atoms with Gasteiger partial charge in [0.05, 0.1) is 18.8 Å². The fourth-order valence-electron chi connectivity index (χ4n) is 2.26. The minimum Gasteiger partial charge on any atom is -0.477 e. The van der Waals surface area contributed by atoms with Crippen molar-refractivity contribution in [2.24, 2.45) is 0 Å².